The topological polar surface area (TPSA) is 58.4 Å². The number of pyridine rings is 1. The van der Waals surface area contributed by atoms with E-state index in [0.29, 0.717) is 17.4 Å². The summed E-state index contributed by atoms with van der Waals surface area (Å²) in [4.78, 5) is 18.6. The zero-order valence-electron chi connectivity index (χ0n) is 12.1. The Hall–Kier alpha value is -2.30. The van der Waals surface area contributed by atoms with Crippen LogP contribution in [-0.4, -0.2) is 24.0 Å². The zero-order valence-corrected chi connectivity index (χ0v) is 12.1. The van der Waals surface area contributed by atoms with Crippen molar-refractivity contribution in [1.29, 1.82) is 0 Å². The third-order valence-electron chi connectivity index (χ3n) is 3.73. The summed E-state index contributed by atoms with van der Waals surface area (Å²) in [6.45, 7) is 4.37. The van der Waals surface area contributed by atoms with Gasteiger partial charge in [-0.1, -0.05) is 6.92 Å². The number of nitrogens with one attached hydrogen (secondary N) is 1. The van der Waals surface area contributed by atoms with Crippen LogP contribution in [0.5, 0.6) is 0 Å². The van der Waals surface area contributed by atoms with E-state index in [1.165, 1.54) is 19.1 Å². The van der Waals surface area contributed by atoms with Crippen molar-refractivity contribution in [2.45, 2.75) is 19.8 Å². The van der Waals surface area contributed by atoms with Gasteiger partial charge in [-0.05, 0) is 43.0 Å². The molecule has 0 radical (unpaired) electrons. The number of aromatic nitrogens is 1. The van der Waals surface area contributed by atoms with Crippen LogP contribution < -0.4 is 10.2 Å². The average Bonchev–Trinajstić information content (AvgIpc) is 3.02. The minimum atomic E-state index is -0.263. The molecule has 5 heteroatoms. The van der Waals surface area contributed by atoms with Gasteiger partial charge in [-0.15, -0.1) is 0 Å². The van der Waals surface area contributed by atoms with Crippen molar-refractivity contribution in [1.82, 2.24) is 4.98 Å². The van der Waals surface area contributed by atoms with Crippen molar-refractivity contribution in [2.75, 3.05) is 23.3 Å². The molecular formula is C16H19N3O2. The molecule has 0 saturated carbocycles. The second kappa shape index (κ2) is 5.99. The highest BCUT2D eigenvalue weighted by atomic mass is 16.3. The van der Waals surface area contributed by atoms with E-state index in [1.54, 1.807) is 18.3 Å². The highest BCUT2D eigenvalue weighted by Crippen LogP contribution is 2.22. The molecule has 0 aliphatic carbocycles. The molecular weight excluding hydrogens is 266 g/mol. The molecule has 1 unspecified atom stereocenters. The van der Waals surface area contributed by atoms with Gasteiger partial charge in [0, 0.05) is 13.1 Å². The number of hydrogen-bond acceptors (Lipinski definition) is 4. The summed E-state index contributed by atoms with van der Waals surface area (Å²) in [7, 11) is 0. The SMILES string of the molecule is CC1CCCN(c2ccc(NC(=O)c3ccco3)cn2)C1. The Morgan fingerprint density at radius 2 is 2.33 bits per heavy atom. The lowest BCUT2D eigenvalue weighted by molar-refractivity contribution is 0.0996. The van der Waals surface area contributed by atoms with Crippen LogP contribution in [0.25, 0.3) is 0 Å². The van der Waals surface area contributed by atoms with E-state index in [9.17, 15) is 4.79 Å². The van der Waals surface area contributed by atoms with Gasteiger partial charge in [-0.2, -0.15) is 0 Å². The summed E-state index contributed by atoms with van der Waals surface area (Å²) in [5.74, 6) is 1.71. The third-order valence-corrected chi connectivity index (χ3v) is 3.73. The van der Waals surface area contributed by atoms with Gasteiger partial charge in [0.15, 0.2) is 5.76 Å². The van der Waals surface area contributed by atoms with Crippen LogP contribution in [0.15, 0.2) is 41.1 Å². The molecule has 1 aliphatic heterocycles. The number of anilines is 2. The lowest BCUT2D eigenvalue weighted by Crippen LogP contribution is -2.34. The first-order valence-corrected chi connectivity index (χ1v) is 7.28. The van der Waals surface area contributed by atoms with Crippen molar-refractivity contribution in [3.63, 3.8) is 0 Å². The maximum atomic E-state index is 11.9. The molecule has 2 aromatic heterocycles. The number of amides is 1. The molecule has 21 heavy (non-hydrogen) atoms. The van der Waals surface area contributed by atoms with E-state index in [-0.39, 0.29) is 5.91 Å². The van der Waals surface area contributed by atoms with Crippen molar-refractivity contribution in [2.24, 2.45) is 5.92 Å². The molecule has 0 bridgehead atoms. The third kappa shape index (κ3) is 3.24. The van der Waals surface area contributed by atoms with Crippen LogP contribution in [0.2, 0.25) is 0 Å². The molecule has 3 rings (SSSR count). The number of hydrogen-bond donors (Lipinski definition) is 1. The van der Waals surface area contributed by atoms with Crippen molar-refractivity contribution in [3.05, 3.63) is 42.5 Å². The first kappa shape index (κ1) is 13.7. The van der Waals surface area contributed by atoms with Crippen LogP contribution in [-0.2, 0) is 0 Å². The van der Waals surface area contributed by atoms with Crippen LogP contribution in [0, 0.1) is 5.92 Å². The molecule has 1 aliphatic rings. The van der Waals surface area contributed by atoms with Crippen LogP contribution in [0.3, 0.4) is 0 Å². The van der Waals surface area contributed by atoms with Crippen LogP contribution in [0.4, 0.5) is 11.5 Å². The Morgan fingerprint density at radius 1 is 1.43 bits per heavy atom. The Bertz CT molecular complexity index is 592. The Kier molecular flexibility index (Phi) is 3.90. The van der Waals surface area contributed by atoms with E-state index in [4.69, 9.17) is 4.42 Å². The van der Waals surface area contributed by atoms with Gasteiger partial charge in [0.05, 0.1) is 18.1 Å². The van der Waals surface area contributed by atoms with E-state index < -0.39 is 0 Å². The summed E-state index contributed by atoms with van der Waals surface area (Å²) in [5.41, 5.74) is 0.671. The average molecular weight is 285 g/mol. The molecule has 0 aromatic carbocycles. The predicted octanol–water partition coefficient (Wildman–Crippen LogP) is 3.16. The normalized spacial score (nSPS) is 18.5. The molecule has 110 valence electrons. The molecule has 3 heterocycles. The highest BCUT2D eigenvalue weighted by Gasteiger charge is 2.17. The van der Waals surface area contributed by atoms with Gasteiger partial charge >= 0.3 is 0 Å². The number of nitrogens with zero attached hydrogens (tertiary/aromatic N) is 2. The second-order valence-corrected chi connectivity index (χ2v) is 5.53. The van der Waals surface area contributed by atoms with Crippen molar-refractivity contribution in [3.8, 4) is 0 Å². The smallest absolute Gasteiger partial charge is 0.291 e. The van der Waals surface area contributed by atoms with Crippen molar-refractivity contribution >= 4 is 17.4 Å². The van der Waals surface area contributed by atoms with E-state index >= 15 is 0 Å². The molecule has 0 spiro atoms. The largest absolute Gasteiger partial charge is 0.459 e. The molecule has 1 N–H and O–H groups in total. The van der Waals surface area contributed by atoms with E-state index in [1.807, 2.05) is 12.1 Å². The van der Waals surface area contributed by atoms with Gasteiger partial charge in [0.25, 0.3) is 5.91 Å². The number of carbonyl (C=O) groups is 1. The molecule has 2 aromatic rings. The number of rotatable bonds is 3. The number of furan rings is 1. The first-order chi connectivity index (χ1) is 10.2. The molecule has 1 saturated heterocycles. The van der Waals surface area contributed by atoms with Crippen LogP contribution in [0.1, 0.15) is 30.3 Å². The maximum absolute atomic E-state index is 11.9. The van der Waals surface area contributed by atoms with E-state index in [2.05, 4.69) is 22.1 Å². The van der Waals surface area contributed by atoms with Gasteiger partial charge < -0.3 is 14.6 Å². The highest BCUT2D eigenvalue weighted by molar-refractivity contribution is 6.02. The minimum absolute atomic E-state index is 0.263. The fourth-order valence-electron chi connectivity index (χ4n) is 2.64. The zero-order chi connectivity index (χ0) is 14.7. The van der Waals surface area contributed by atoms with Gasteiger partial charge in [-0.25, -0.2) is 4.98 Å². The lowest BCUT2D eigenvalue weighted by atomic mass is 10.0. The summed E-state index contributed by atoms with van der Waals surface area (Å²) in [6, 6.07) is 7.15. The van der Waals surface area contributed by atoms with Gasteiger partial charge in [0.1, 0.15) is 5.82 Å². The Morgan fingerprint density at radius 3 is 3.00 bits per heavy atom. The summed E-state index contributed by atoms with van der Waals surface area (Å²) < 4.78 is 5.06. The predicted molar refractivity (Wildman–Crippen MR) is 81.5 cm³/mol. The quantitative estimate of drug-likeness (QED) is 0.941. The monoisotopic (exact) mass is 285 g/mol. The van der Waals surface area contributed by atoms with Crippen molar-refractivity contribution < 1.29 is 9.21 Å². The van der Waals surface area contributed by atoms with E-state index in [0.717, 1.165) is 18.9 Å². The minimum Gasteiger partial charge on any atom is -0.459 e. The summed E-state index contributed by atoms with van der Waals surface area (Å²) in [5, 5.41) is 2.77. The van der Waals surface area contributed by atoms with Crippen LogP contribution >= 0.6 is 0 Å². The fraction of sp³-hybridized carbons (Fsp3) is 0.375. The Balaban J connectivity index is 1.65. The molecule has 1 fully saturated rings. The lowest BCUT2D eigenvalue weighted by Gasteiger charge is -2.31. The molecule has 5 nitrogen and oxygen atoms in total. The first-order valence-electron chi connectivity index (χ1n) is 7.28. The number of piperidine rings is 1. The second-order valence-electron chi connectivity index (χ2n) is 5.53. The van der Waals surface area contributed by atoms with Gasteiger partial charge in [0.2, 0.25) is 0 Å². The Labute approximate surface area is 124 Å². The standard InChI is InChI=1S/C16H19N3O2/c1-12-4-2-8-19(11-12)15-7-6-13(10-17-15)18-16(20)14-5-3-9-21-14/h3,5-7,9-10,12H,2,4,8,11H2,1H3,(H,18,20). The summed E-state index contributed by atoms with van der Waals surface area (Å²) >= 11 is 0. The van der Waals surface area contributed by atoms with Gasteiger partial charge in [-0.3, -0.25) is 4.79 Å². The molecule has 1 amide bonds. The number of carbonyl (C=O) groups excluding carboxylic acids is 1. The maximum Gasteiger partial charge on any atom is 0.291 e. The molecule has 1 atom stereocenters. The summed E-state index contributed by atoms with van der Waals surface area (Å²) in [6.07, 6.45) is 5.66. The fourth-order valence-corrected chi connectivity index (χ4v) is 2.64.